The van der Waals surface area contributed by atoms with Crippen LogP contribution in [-0.2, 0) is 16.0 Å². The highest BCUT2D eigenvalue weighted by atomic mass is 35.5. The van der Waals surface area contributed by atoms with Gasteiger partial charge in [-0.3, -0.25) is 9.59 Å². The highest BCUT2D eigenvalue weighted by Crippen LogP contribution is 2.17. The Hall–Kier alpha value is -1.81. The third-order valence-corrected chi connectivity index (χ3v) is 3.64. The SMILES string of the molecule is CC(CC(=O)NCCc1c[nH]c2ccccc12)C(=O)Cl. The van der Waals surface area contributed by atoms with Gasteiger partial charge in [-0.15, -0.1) is 0 Å². The minimum atomic E-state index is -0.475. The van der Waals surface area contributed by atoms with E-state index >= 15 is 0 Å². The summed E-state index contributed by atoms with van der Waals surface area (Å²) in [4.78, 5) is 25.7. The van der Waals surface area contributed by atoms with E-state index in [4.69, 9.17) is 11.6 Å². The number of H-pyrrole nitrogens is 1. The van der Waals surface area contributed by atoms with Gasteiger partial charge in [-0.2, -0.15) is 0 Å². The molecule has 106 valence electrons. The summed E-state index contributed by atoms with van der Waals surface area (Å²) in [7, 11) is 0. The number of halogens is 1. The molecule has 0 aliphatic heterocycles. The lowest BCUT2D eigenvalue weighted by molar-refractivity contribution is -0.125. The summed E-state index contributed by atoms with van der Waals surface area (Å²) in [6, 6.07) is 8.05. The van der Waals surface area contributed by atoms with Crippen molar-refractivity contribution in [1.82, 2.24) is 10.3 Å². The van der Waals surface area contributed by atoms with Crippen molar-refractivity contribution in [3.8, 4) is 0 Å². The summed E-state index contributed by atoms with van der Waals surface area (Å²) in [5.41, 5.74) is 2.26. The standard InChI is InChI=1S/C15H17ClN2O2/c1-10(15(16)20)8-14(19)17-7-6-11-9-18-13-5-3-2-4-12(11)13/h2-5,9-10,18H,6-8H2,1H3,(H,17,19). The minimum Gasteiger partial charge on any atom is -0.361 e. The first-order valence-corrected chi connectivity index (χ1v) is 6.96. The summed E-state index contributed by atoms with van der Waals surface area (Å²) in [6.45, 7) is 2.19. The van der Waals surface area contributed by atoms with Gasteiger partial charge < -0.3 is 10.3 Å². The molecule has 1 aromatic carbocycles. The molecule has 2 N–H and O–H groups in total. The number of para-hydroxylation sites is 1. The number of carbonyl (C=O) groups excluding carboxylic acids is 2. The Bertz CT molecular complexity index is 621. The molecular weight excluding hydrogens is 276 g/mol. The average Bonchev–Trinajstić information content (AvgIpc) is 2.82. The number of hydrogen-bond donors (Lipinski definition) is 2. The molecule has 0 bridgehead atoms. The largest absolute Gasteiger partial charge is 0.361 e. The molecule has 5 heteroatoms. The van der Waals surface area contributed by atoms with Crippen LogP contribution in [0.1, 0.15) is 18.9 Å². The number of amides is 1. The quantitative estimate of drug-likeness (QED) is 0.804. The predicted octanol–water partition coefficient (Wildman–Crippen LogP) is 2.62. The van der Waals surface area contributed by atoms with Gasteiger partial charge >= 0.3 is 0 Å². The Kier molecular flexibility index (Phi) is 4.79. The van der Waals surface area contributed by atoms with Gasteiger partial charge in [-0.1, -0.05) is 25.1 Å². The van der Waals surface area contributed by atoms with Crippen molar-refractivity contribution in [2.24, 2.45) is 5.92 Å². The van der Waals surface area contributed by atoms with Crippen molar-refractivity contribution in [3.05, 3.63) is 36.0 Å². The Morgan fingerprint density at radius 1 is 1.35 bits per heavy atom. The Labute approximate surface area is 122 Å². The normalized spacial score (nSPS) is 12.3. The monoisotopic (exact) mass is 292 g/mol. The zero-order chi connectivity index (χ0) is 14.5. The molecule has 20 heavy (non-hydrogen) atoms. The number of nitrogens with one attached hydrogen (secondary N) is 2. The molecule has 1 heterocycles. The van der Waals surface area contributed by atoms with E-state index in [1.54, 1.807) is 6.92 Å². The average molecular weight is 293 g/mol. The van der Waals surface area contributed by atoms with Crippen LogP contribution in [-0.4, -0.2) is 22.7 Å². The summed E-state index contributed by atoms with van der Waals surface area (Å²) >= 11 is 5.33. The number of rotatable bonds is 6. The maximum Gasteiger partial charge on any atom is 0.224 e. The van der Waals surface area contributed by atoms with Crippen LogP contribution in [0, 0.1) is 5.92 Å². The molecule has 0 saturated heterocycles. The summed E-state index contributed by atoms with van der Waals surface area (Å²) in [6.07, 6.45) is 2.84. The van der Waals surface area contributed by atoms with Crippen LogP contribution in [0.4, 0.5) is 0 Å². The molecule has 2 rings (SSSR count). The first-order valence-electron chi connectivity index (χ1n) is 6.59. The summed E-state index contributed by atoms with van der Waals surface area (Å²) in [5, 5.41) is 3.50. The fourth-order valence-corrected chi connectivity index (χ4v) is 2.18. The Balaban J connectivity index is 1.84. The molecule has 1 aromatic heterocycles. The predicted molar refractivity (Wildman–Crippen MR) is 79.7 cm³/mol. The van der Waals surface area contributed by atoms with E-state index < -0.39 is 11.2 Å². The first-order chi connectivity index (χ1) is 9.58. The fourth-order valence-electron chi connectivity index (χ4n) is 2.11. The van der Waals surface area contributed by atoms with Crippen molar-refractivity contribution in [1.29, 1.82) is 0 Å². The van der Waals surface area contributed by atoms with Gasteiger partial charge in [-0.25, -0.2) is 0 Å². The van der Waals surface area contributed by atoms with Gasteiger partial charge in [0.25, 0.3) is 0 Å². The molecule has 0 aliphatic carbocycles. The van der Waals surface area contributed by atoms with E-state index in [0.29, 0.717) is 6.54 Å². The van der Waals surface area contributed by atoms with E-state index in [0.717, 1.165) is 11.9 Å². The highest BCUT2D eigenvalue weighted by molar-refractivity contribution is 6.64. The van der Waals surface area contributed by atoms with Crippen molar-refractivity contribution in [2.75, 3.05) is 6.54 Å². The maximum atomic E-state index is 11.6. The molecule has 1 atom stereocenters. The van der Waals surface area contributed by atoms with Crippen LogP contribution in [0.2, 0.25) is 0 Å². The first kappa shape index (κ1) is 14.6. The van der Waals surface area contributed by atoms with Crippen molar-refractivity contribution < 1.29 is 9.59 Å². The Morgan fingerprint density at radius 3 is 2.85 bits per heavy atom. The van der Waals surface area contributed by atoms with Crippen molar-refractivity contribution >= 4 is 33.7 Å². The third kappa shape index (κ3) is 3.61. The van der Waals surface area contributed by atoms with Crippen LogP contribution < -0.4 is 5.32 Å². The lowest BCUT2D eigenvalue weighted by Gasteiger charge is -2.07. The molecule has 1 unspecified atom stereocenters. The number of aromatic amines is 1. The van der Waals surface area contributed by atoms with Crippen molar-refractivity contribution in [3.63, 3.8) is 0 Å². The molecule has 4 nitrogen and oxygen atoms in total. The number of carbonyl (C=O) groups is 2. The second-order valence-electron chi connectivity index (χ2n) is 4.87. The van der Waals surface area contributed by atoms with Crippen LogP contribution >= 0.6 is 11.6 Å². The number of fused-ring (bicyclic) bond motifs is 1. The summed E-state index contributed by atoms with van der Waals surface area (Å²) in [5.74, 6) is -0.587. The van der Waals surface area contributed by atoms with Crippen molar-refractivity contribution in [2.45, 2.75) is 19.8 Å². The molecule has 0 aliphatic rings. The van der Waals surface area contributed by atoms with Gasteiger partial charge in [0.15, 0.2) is 0 Å². The maximum absolute atomic E-state index is 11.6. The highest BCUT2D eigenvalue weighted by Gasteiger charge is 2.14. The number of hydrogen-bond acceptors (Lipinski definition) is 2. The molecule has 1 amide bonds. The zero-order valence-corrected chi connectivity index (χ0v) is 12.0. The van der Waals surface area contributed by atoms with Crippen LogP contribution in [0.3, 0.4) is 0 Å². The molecule has 0 fully saturated rings. The summed E-state index contributed by atoms with van der Waals surface area (Å²) < 4.78 is 0. The van der Waals surface area contributed by atoms with Gasteiger partial charge in [0.1, 0.15) is 0 Å². The smallest absolute Gasteiger partial charge is 0.224 e. The van der Waals surface area contributed by atoms with E-state index in [1.807, 2.05) is 24.4 Å². The second-order valence-corrected chi connectivity index (χ2v) is 5.24. The lowest BCUT2D eigenvalue weighted by atomic mass is 10.1. The van der Waals surface area contributed by atoms with E-state index in [1.165, 1.54) is 10.9 Å². The van der Waals surface area contributed by atoms with Crippen LogP contribution in [0.25, 0.3) is 10.9 Å². The lowest BCUT2D eigenvalue weighted by Crippen LogP contribution is -2.28. The van der Waals surface area contributed by atoms with Crippen LogP contribution in [0.5, 0.6) is 0 Å². The molecule has 0 radical (unpaired) electrons. The fraction of sp³-hybridized carbons (Fsp3) is 0.333. The molecule has 0 spiro atoms. The molecule has 0 saturated carbocycles. The molecule has 2 aromatic rings. The van der Waals surface area contributed by atoms with E-state index in [-0.39, 0.29) is 12.3 Å². The molecular formula is C15H17ClN2O2. The van der Waals surface area contributed by atoms with Gasteiger partial charge in [-0.05, 0) is 29.7 Å². The van der Waals surface area contributed by atoms with Gasteiger partial charge in [0.2, 0.25) is 11.1 Å². The number of aromatic nitrogens is 1. The van der Waals surface area contributed by atoms with E-state index in [2.05, 4.69) is 16.4 Å². The second kappa shape index (κ2) is 6.57. The zero-order valence-electron chi connectivity index (χ0n) is 11.3. The van der Waals surface area contributed by atoms with Gasteiger partial charge in [0.05, 0.1) is 0 Å². The van der Waals surface area contributed by atoms with Gasteiger partial charge in [0, 0.05) is 36.0 Å². The number of benzene rings is 1. The third-order valence-electron chi connectivity index (χ3n) is 3.27. The topological polar surface area (TPSA) is 62.0 Å². The minimum absolute atomic E-state index is 0.135. The van der Waals surface area contributed by atoms with Crippen LogP contribution in [0.15, 0.2) is 30.5 Å². The van der Waals surface area contributed by atoms with E-state index in [9.17, 15) is 9.59 Å². The Morgan fingerprint density at radius 2 is 2.10 bits per heavy atom.